The molecule has 0 amide bonds. The minimum Gasteiger partial charge on any atom is -0.465 e. The van der Waals surface area contributed by atoms with Gasteiger partial charge in [0.1, 0.15) is 5.82 Å². The number of methoxy groups -OCH3 is 1. The lowest BCUT2D eigenvalue weighted by Gasteiger charge is -2.10. The van der Waals surface area contributed by atoms with Gasteiger partial charge in [0.2, 0.25) is 0 Å². The highest BCUT2D eigenvalue weighted by Gasteiger charge is 2.14. The van der Waals surface area contributed by atoms with E-state index >= 15 is 0 Å². The normalized spacial score (nSPS) is 10.9. The van der Waals surface area contributed by atoms with Gasteiger partial charge in [-0.15, -0.1) is 0 Å². The highest BCUT2D eigenvalue weighted by Crippen LogP contribution is 2.20. The van der Waals surface area contributed by atoms with E-state index in [2.05, 4.69) is 15.0 Å². The molecule has 144 valence electrons. The van der Waals surface area contributed by atoms with Crippen LogP contribution in [-0.4, -0.2) is 26.5 Å². The molecule has 0 unspecified atom stereocenters. The van der Waals surface area contributed by atoms with E-state index in [0.29, 0.717) is 16.9 Å². The first kappa shape index (κ1) is 19.4. The number of aromatic nitrogens is 1. The van der Waals surface area contributed by atoms with E-state index in [0.717, 1.165) is 5.56 Å². The summed E-state index contributed by atoms with van der Waals surface area (Å²) in [6, 6.07) is 16.6. The lowest BCUT2D eigenvalue weighted by Crippen LogP contribution is -2.13. The Morgan fingerprint density at radius 1 is 1.00 bits per heavy atom. The van der Waals surface area contributed by atoms with E-state index in [-0.39, 0.29) is 10.7 Å². The number of nitrogens with one attached hydrogen (secondary N) is 2. The second-order valence-corrected chi connectivity index (χ2v) is 7.73. The molecule has 8 heteroatoms. The molecule has 2 aromatic carbocycles. The van der Waals surface area contributed by atoms with Gasteiger partial charge in [0.05, 0.1) is 29.5 Å². The third-order valence-electron chi connectivity index (χ3n) is 3.91. The van der Waals surface area contributed by atoms with Crippen molar-refractivity contribution in [3.63, 3.8) is 0 Å². The van der Waals surface area contributed by atoms with Crippen molar-refractivity contribution in [2.24, 2.45) is 0 Å². The second kappa shape index (κ2) is 8.10. The molecule has 28 heavy (non-hydrogen) atoms. The van der Waals surface area contributed by atoms with Crippen molar-refractivity contribution in [1.82, 2.24) is 4.98 Å². The fourth-order valence-electron chi connectivity index (χ4n) is 2.45. The summed E-state index contributed by atoms with van der Waals surface area (Å²) in [5.74, 6) is -0.225. The van der Waals surface area contributed by atoms with E-state index in [4.69, 9.17) is 4.74 Å². The molecular weight excluding hydrogens is 378 g/mol. The molecule has 7 nitrogen and oxygen atoms in total. The minimum atomic E-state index is -3.70. The Bertz CT molecular complexity index is 1080. The van der Waals surface area contributed by atoms with E-state index in [1.807, 2.05) is 6.92 Å². The van der Waals surface area contributed by atoms with Crippen LogP contribution in [0.4, 0.5) is 17.2 Å². The van der Waals surface area contributed by atoms with Crippen LogP contribution in [0.1, 0.15) is 15.9 Å². The number of benzene rings is 2. The number of nitrogens with zero attached hydrogens (tertiary/aromatic N) is 1. The number of esters is 1. The number of carbonyl (C=O) groups is 1. The van der Waals surface area contributed by atoms with Gasteiger partial charge in [-0.1, -0.05) is 23.8 Å². The van der Waals surface area contributed by atoms with E-state index in [1.165, 1.54) is 13.3 Å². The molecule has 0 aliphatic rings. The zero-order chi connectivity index (χ0) is 20.1. The van der Waals surface area contributed by atoms with Crippen LogP contribution >= 0.6 is 0 Å². The smallest absolute Gasteiger partial charge is 0.337 e. The molecule has 0 saturated heterocycles. The standard InChI is InChI=1S/C20H19N3O4S/c1-14-6-9-18(10-7-14)28(25,26)23-19-11-8-17(13-21-19)22-16-5-3-4-15(12-16)20(24)27-2/h3-13,22H,1-2H3,(H,21,23). The van der Waals surface area contributed by atoms with Crippen molar-refractivity contribution in [3.05, 3.63) is 78.0 Å². The molecular formula is C20H19N3O4S. The van der Waals surface area contributed by atoms with Crippen molar-refractivity contribution in [3.8, 4) is 0 Å². The average Bonchev–Trinajstić information content (AvgIpc) is 2.69. The predicted octanol–water partition coefficient (Wildman–Crippen LogP) is 3.72. The van der Waals surface area contributed by atoms with E-state index in [9.17, 15) is 13.2 Å². The summed E-state index contributed by atoms with van der Waals surface area (Å²) in [6.07, 6.45) is 1.50. The van der Waals surface area contributed by atoms with Crippen LogP contribution in [0.3, 0.4) is 0 Å². The molecule has 1 aromatic heterocycles. The van der Waals surface area contributed by atoms with Crippen molar-refractivity contribution in [1.29, 1.82) is 0 Å². The lowest BCUT2D eigenvalue weighted by molar-refractivity contribution is 0.0601. The first-order valence-corrected chi connectivity index (χ1v) is 9.87. The van der Waals surface area contributed by atoms with Gasteiger partial charge >= 0.3 is 5.97 Å². The maximum absolute atomic E-state index is 12.4. The summed E-state index contributed by atoms with van der Waals surface area (Å²) in [5.41, 5.74) is 2.71. The second-order valence-electron chi connectivity index (χ2n) is 6.05. The van der Waals surface area contributed by atoms with Crippen LogP contribution in [0.2, 0.25) is 0 Å². The Morgan fingerprint density at radius 2 is 1.75 bits per heavy atom. The van der Waals surface area contributed by atoms with Crippen molar-refractivity contribution in [2.75, 3.05) is 17.1 Å². The Morgan fingerprint density at radius 3 is 2.39 bits per heavy atom. The molecule has 2 N–H and O–H groups in total. The summed E-state index contributed by atoms with van der Waals surface area (Å²) in [6.45, 7) is 1.89. The summed E-state index contributed by atoms with van der Waals surface area (Å²) < 4.78 is 32.0. The number of sulfonamides is 1. The van der Waals surface area contributed by atoms with E-state index in [1.54, 1.807) is 60.7 Å². The number of hydrogen-bond acceptors (Lipinski definition) is 6. The Labute approximate surface area is 163 Å². The fourth-order valence-corrected chi connectivity index (χ4v) is 3.46. The third kappa shape index (κ3) is 4.66. The molecule has 0 aliphatic heterocycles. The van der Waals surface area contributed by atoms with Crippen LogP contribution in [0.5, 0.6) is 0 Å². The van der Waals surface area contributed by atoms with E-state index < -0.39 is 16.0 Å². The minimum absolute atomic E-state index is 0.168. The van der Waals surface area contributed by atoms with Crippen LogP contribution in [0, 0.1) is 6.92 Å². The molecule has 3 aromatic rings. The summed E-state index contributed by atoms with van der Waals surface area (Å²) in [5, 5.41) is 3.10. The quantitative estimate of drug-likeness (QED) is 0.615. The molecule has 0 saturated carbocycles. The molecule has 0 aliphatic carbocycles. The van der Waals surface area contributed by atoms with Crippen molar-refractivity contribution < 1.29 is 17.9 Å². The highest BCUT2D eigenvalue weighted by atomic mass is 32.2. The summed E-state index contributed by atoms with van der Waals surface area (Å²) >= 11 is 0. The SMILES string of the molecule is COC(=O)c1cccc(Nc2ccc(NS(=O)(=O)c3ccc(C)cc3)nc2)c1. The highest BCUT2D eigenvalue weighted by molar-refractivity contribution is 7.92. The molecule has 1 heterocycles. The molecule has 0 spiro atoms. The lowest BCUT2D eigenvalue weighted by atomic mass is 10.2. The topological polar surface area (TPSA) is 97.4 Å². The molecule has 3 rings (SSSR count). The molecule has 0 radical (unpaired) electrons. The molecule has 0 fully saturated rings. The van der Waals surface area contributed by atoms with Gasteiger partial charge in [0.15, 0.2) is 0 Å². The maximum atomic E-state index is 12.4. The van der Waals surface area contributed by atoms with Gasteiger partial charge in [-0.2, -0.15) is 0 Å². The number of rotatable bonds is 6. The first-order chi connectivity index (χ1) is 13.4. The summed E-state index contributed by atoms with van der Waals surface area (Å²) in [4.78, 5) is 15.9. The van der Waals surface area contributed by atoms with Gasteiger partial charge in [0, 0.05) is 5.69 Å². The third-order valence-corrected chi connectivity index (χ3v) is 5.28. The van der Waals surface area contributed by atoms with Crippen molar-refractivity contribution >= 4 is 33.2 Å². The monoisotopic (exact) mass is 397 g/mol. The number of ether oxygens (including phenoxy) is 1. The summed E-state index contributed by atoms with van der Waals surface area (Å²) in [7, 11) is -2.38. The number of hydrogen-bond donors (Lipinski definition) is 2. The van der Waals surface area contributed by atoms with Gasteiger partial charge < -0.3 is 10.1 Å². The van der Waals surface area contributed by atoms with Gasteiger partial charge in [-0.25, -0.2) is 18.2 Å². The van der Waals surface area contributed by atoms with Gasteiger partial charge in [0.25, 0.3) is 10.0 Å². The Kier molecular flexibility index (Phi) is 5.60. The van der Waals surface area contributed by atoms with Crippen LogP contribution in [0.15, 0.2) is 71.8 Å². The molecule has 0 bridgehead atoms. The Hall–Kier alpha value is -3.39. The fraction of sp³-hybridized carbons (Fsp3) is 0.100. The zero-order valence-electron chi connectivity index (χ0n) is 15.3. The number of anilines is 3. The molecule has 0 atom stereocenters. The largest absolute Gasteiger partial charge is 0.465 e. The number of carbonyl (C=O) groups excluding carboxylic acids is 1. The van der Waals surface area contributed by atoms with Gasteiger partial charge in [-0.05, 0) is 49.4 Å². The predicted molar refractivity (Wildman–Crippen MR) is 107 cm³/mol. The number of aryl methyl sites for hydroxylation is 1. The number of pyridine rings is 1. The average molecular weight is 397 g/mol. The van der Waals surface area contributed by atoms with Crippen LogP contribution in [-0.2, 0) is 14.8 Å². The van der Waals surface area contributed by atoms with Gasteiger partial charge in [-0.3, -0.25) is 4.72 Å². The van der Waals surface area contributed by atoms with Crippen LogP contribution in [0.25, 0.3) is 0 Å². The zero-order valence-corrected chi connectivity index (χ0v) is 16.2. The van der Waals surface area contributed by atoms with Crippen molar-refractivity contribution in [2.45, 2.75) is 11.8 Å². The Balaban J connectivity index is 1.72. The maximum Gasteiger partial charge on any atom is 0.337 e. The first-order valence-electron chi connectivity index (χ1n) is 8.38. The van der Waals surface area contributed by atoms with Crippen LogP contribution < -0.4 is 10.0 Å².